The smallest absolute Gasteiger partial charge is 0.254 e. The Balaban J connectivity index is 2.48. The van der Waals surface area contributed by atoms with Gasteiger partial charge in [-0.15, -0.1) is 0 Å². The average molecular weight is 251 g/mol. The molecule has 0 fully saturated rings. The van der Waals surface area contributed by atoms with E-state index in [1.54, 1.807) is 32.4 Å². The van der Waals surface area contributed by atoms with Crippen molar-refractivity contribution in [3.63, 3.8) is 0 Å². The molecule has 0 spiro atoms. The molecule has 0 aromatic carbocycles. The molecule has 0 saturated heterocycles. The minimum Gasteiger partial charge on any atom is -0.393 e. The van der Waals surface area contributed by atoms with Crippen LogP contribution in [-0.2, 0) is 0 Å². The second-order valence-electron chi connectivity index (χ2n) is 4.41. The number of amides is 1. The number of aliphatic hydroxyl groups is 1. The molecule has 1 rings (SSSR count). The second kappa shape index (κ2) is 6.96. The first-order valence-corrected chi connectivity index (χ1v) is 6.14. The molecule has 0 saturated carbocycles. The van der Waals surface area contributed by atoms with E-state index in [0.717, 1.165) is 6.42 Å². The molecular formula is C13H21N3O2. The molecule has 5 nitrogen and oxygen atoms in total. The molecule has 1 heterocycles. The van der Waals surface area contributed by atoms with Crippen LogP contribution in [0.2, 0.25) is 0 Å². The molecule has 0 aliphatic heterocycles. The predicted octanol–water partition coefficient (Wildman–Crippen LogP) is 1.36. The van der Waals surface area contributed by atoms with E-state index in [2.05, 4.69) is 10.3 Å². The molecule has 1 atom stereocenters. The summed E-state index contributed by atoms with van der Waals surface area (Å²) < 4.78 is 0. The van der Waals surface area contributed by atoms with E-state index in [4.69, 9.17) is 0 Å². The Morgan fingerprint density at radius 1 is 1.50 bits per heavy atom. The maximum atomic E-state index is 11.6. The largest absolute Gasteiger partial charge is 0.393 e. The van der Waals surface area contributed by atoms with Crippen LogP contribution in [0.5, 0.6) is 0 Å². The Morgan fingerprint density at radius 2 is 2.22 bits per heavy atom. The normalized spacial score (nSPS) is 12.0. The fourth-order valence-corrected chi connectivity index (χ4v) is 1.45. The zero-order chi connectivity index (χ0) is 13.5. The van der Waals surface area contributed by atoms with Crippen molar-refractivity contribution in [2.24, 2.45) is 0 Å². The molecule has 18 heavy (non-hydrogen) atoms. The quantitative estimate of drug-likeness (QED) is 0.801. The molecule has 0 radical (unpaired) electrons. The van der Waals surface area contributed by atoms with Gasteiger partial charge in [-0.25, -0.2) is 4.98 Å². The number of aromatic nitrogens is 1. The van der Waals surface area contributed by atoms with Crippen LogP contribution >= 0.6 is 0 Å². The van der Waals surface area contributed by atoms with Gasteiger partial charge in [-0.2, -0.15) is 0 Å². The van der Waals surface area contributed by atoms with Gasteiger partial charge >= 0.3 is 0 Å². The highest BCUT2D eigenvalue weighted by Gasteiger charge is 2.08. The highest BCUT2D eigenvalue weighted by molar-refractivity contribution is 5.93. The summed E-state index contributed by atoms with van der Waals surface area (Å²) in [7, 11) is 3.42. The Labute approximate surface area is 108 Å². The van der Waals surface area contributed by atoms with E-state index in [9.17, 15) is 9.90 Å². The monoisotopic (exact) mass is 251 g/mol. The van der Waals surface area contributed by atoms with Gasteiger partial charge in [0, 0.05) is 26.8 Å². The lowest BCUT2D eigenvalue weighted by Gasteiger charge is -2.11. The van der Waals surface area contributed by atoms with Gasteiger partial charge in [0.05, 0.1) is 11.7 Å². The lowest BCUT2D eigenvalue weighted by molar-refractivity contribution is 0.0827. The van der Waals surface area contributed by atoms with Crippen molar-refractivity contribution in [2.75, 3.05) is 26.0 Å². The summed E-state index contributed by atoms with van der Waals surface area (Å²) in [4.78, 5) is 17.3. The lowest BCUT2D eigenvalue weighted by Crippen LogP contribution is -2.21. The minimum atomic E-state index is -0.271. The zero-order valence-electron chi connectivity index (χ0n) is 11.2. The topological polar surface area (TPSA) is 65.5 Å². The predicted molar refractivity (Wildman–Crippen MR) is 71.7 cm³/mol. The number of rotatable bonds is 6. The Hall–Kier alpha value is -1.62. The van der Waals surface area contributed by atoms with Crippen LogP contribution in [0, 0.1) is 0 Å². The van der Waals surface area contributed by atoms with Gasteiger partial charge in [-0.3, -0.25) is 4.79 Å². The highest BCUT2D eigenvalue weighted by Crippen LogP contribution is 2.07. The van der Waals surface area contributed by atoms with E-state index < -0.39 is 0 Å². The first-order valence-electron chi connectivity index (χ1n) is 6.14. The third-order valence-electron chi connectivity index (χ3n) is 2.67. The van der Waals surface area contributed by atoms with Crippen molar-refractivity contribution in [1.82, 2.24) is 9.88 Å². The molecular weight excluding hydrogens is 230 g/mol. The SMILES string of the molecule is CCC(O)CCNc1ccc(C(=O)N(C)C)cn1. The molecule has 1 amide bonds. The van der Waals surface area contributed by atoms with Crippen molar-refractivity contribution < 1.29 is 9.90 Å². The molecule has 1 aromatic heterocycles. The summed E-state index contributed by atoms with van der Waals surface area (Å²) in [5, 5.41) is 12.5. The number of nitrogens with one attached hydrogen (secondary N) is 1. The van der Waals surface area contributed by atoms with E-state index in [0.29, 0.717) is 24.3 Å². The number of carbonyl (C=O) groups excluding carboxylic acids is 1. The molecule has 0 bridgehead atoms. The number of hydrogen-bond acceptors (Lipinski definition) is 4. The van der Waals surface area contributed by atoms with Crippen LogP contribution in [0.1, 0.15) is 30.1 Å². The standard InChI is InChI=1S/C13H21N3O2/c1-4-11(17)7-8-14-12-6-5-10(9-15-12)13(18)16(2)3/h5-6,9,11,17H,4,7-8H2,1-3H3,(H,14,15). The summed E-state index contributed by atoms with van der Waals surface area (Å²) in [5.41, 5.74) is 0.569. The zero-order valence-corrected chi connectivity index (χ0v) is 11.2. The van der Waals surface area contributed by atoms with Crippen molar-refractivity contribution >= 4 is 11.7 Å². The number of anilines is 1. The fraction of sp³-hybridized carbons (Fsp3) is 0.538. The van der Waals surface area contributed by atoms with E-state index in [1.165, 1.54) is 4.90 Å². The van der Waals surface area contributed by atoms with Crippen molar-refractivity contribution in [1.29, 1.82) is 0 Å². The first kappa shape index (κ1) is 14.4. The van der Waals surface area contributed by atoms with Crippen molar-refractivity contribution in [2.45, 2.75) is 25.9 Å². The number of nitrogens with zero attached hydrogens (tertiary/aromatic N) is 2. The van der Waals surface area contributed by atoms with E-state index in [1.807, 2.05) is 6.92 Å². The summed E-state index contributed by atoms with van der Waals surface area (Å²) in [5.74, 6) is 0.657. The first-order chi connectivity index (χ1) is 8.54. The molecule has 2 N–H and O–H groups in total. The Kier molecular flexibility index (Phi) is 5.58. The Morgan fingerprint density at radius 3 is 2.72 bits per heavy atom. The highest BCUT2D eigenvalue weighted by atomic mass is 16.3. The summed E-state index contributed by atoms with van der Waals surface area (Å²) >= 11 is 0. The van der Waals surface area contributed by atoms with Gasteiger partial charge in [0.1, 0.15) is 5.82 Å². The second-order valence-corrected chi connectivity index (χ2v) is 4.41. The van der Waals surface area contributed by atoms with Gasteiger partial charge in [-0.05, 0) is 25.0 Å². The number of carbonyl (C=O) groups is 1. The van der Waals surface area contributed by atoms with Gasteiger partial charge in [-0.1, -0.05) is 6.92 Å². The van der Waals surface area contributed by atoms with Crippen LogP contribution in [0.15, 0.2) is 18.3 Å². The van der Waals surface area contributed by atoms with Gasteiger partial charge in [0.15, 0.2) is 0 Å². The van der Waals surface area contributed by atoms with Crippen molar-refractivity contribution in [3.8, 4) is 0 Å². The third-order valence-corrected chi connectivity index (χ3v) is 2.67. The van der Waals surface area contributed by atoms with E-state index in [-0.39, 0.29) is 12.0 Å². The number of hydrogen-bond donors (Lipinski definition) is 2. The number of aliphatic hydroxyl groups excluding tert-OH is 1. The van der Waals surface area contributed by atoms with Gasteiger partial charge in [0.25, 0.3) is 5.91 Å². The summed E-state index contributed by atoms with van der Waals surface area (Å²) in [6.07, 6.45) is 2.73. The van der Waals surface area contributed by atoms with Gasteiger partial charge < -0.3 is 15.3 Å². The maximum Gasteiger partial charge on any atom is 0.254 e. The Bertz CT molecular complexity index is 376. The molecule has 0 aliphatic rings. The molecule has 5 heteroatoms. The van der Waals surface area contributed by atoms with Crippen molar-refractivity contribution in [3.05, 3.63) is 23.9 Å². The maximum absolute atomic E-state index is 11.6. The fourth-order valence-electron chi connectivity index (χ4n) is 1.45. The van der Waals surface area contributed by atoms with Crippen LogP contribution in [0.25, 0.3) is 0 Å². The summed E-state index contributed by atoms with van der Waals surface area (Å²) in [6.45, 7) is 2.62. The van der Waals surface area contributed by atoms with Crippen LogP contribution in [0.4, 0.5) is 5.82 Å². The number of pyridine rings is 1. The van der Waals surface area contributed by atoms with Crippen LogP contribution in [-0.4, -0.2) is 47.6 Å². The molecule has 100 valence electrons. The molecule has 1 aromatic rings. The molecule has 1 unspecified atom stereocenters. The average Bonchev–Trinajstić information content (AvgIpc) is 2.38. The lowest BCUT2D eigenvalue weighted by atomic mass is 10.2. The van der Waals surface area contributed by atoms with E-state index >= 15 is 0 Å². The van der Waals surface area contributed by atoms with Crippen LogP contribution < -0.4 is 5.32 Å². The van der Waals surface area contributed by atoms with Gasteiger partial charge in [0.2, 0.25) is 0 Å². The third kappa shape index (κ3) is 4.33. The van der Waals surface area contributed by atoms with Crippen LogP contribution in [0.3, 0.4) is 0 Å². The summed E-state index contributed by atoms with van der Waals surface area (Å²) in [6, 6.07) is 3.52. The molecule has 0 aliphatic carbocycles. The minimum absolute atomic E-state index is 0.0598.